The SMILES string of the molecule is O=S(=O)(c1cccc(Cl)c1Cl)N1CCN(CCCCCn2cccn2)CC1. The Morgan fingerprint density at radius 1 is 0.963 bits per heavy atom. The van der Waals surface area contributed by atoms with Crippen LogP contribution in [0.4, 0.5) is 0 Å². The molecule has 1 fully saturated rings. The maximum Gasteiger partial charge on any atom is 0.244 e. The molecule has 0 amide bonds. The zero-order valence-electron chi connectivity index (χ0n) is 15.1. The van der Waals surface area contributed by atoms with Gasteiger partial charge in [0, 0.05) is 45.1 Å². The summed E-state index contributed by atoms with van der Waals surface area (Å²) in [5, 5.41) is 4.55. The summed E-state index contributed by atoms with van der Waals surface area (Å²) < 4.78 is 29.1. The first-order valence-corrected chi connectivity index (χ1v) is 11.3. The molecule has 2 heterocycles. The predicted molar refractivity (Wildman–Crippen MR) is 108 cm³/mol. The van der Waals surface area contributed by atoms with Gasteiger partial charge in [-0.25, -0.2) is 8.42 Å². The summed E-state index contributed by atoms with van der Waals surface area (Å²) in [7, 11) is -3.61. The maximum absolute atomic E-state index is 12.8. The number of unbranched alkanes of at least 4 members (excludes halogenated alkanes) is 2. The molecule has 2 aromatic rings. The molecule has 27 heavy (non-hydrogen) atoms. The van der Waals surface area contributed by atoms with Crippen molar-refractivity contribution in [1.82, 2.24) is 19.0 Å². The Morgan fingerprint density at radius 3 is 2.41 bits per heavy atom. The molecule has 1 aromatic carbocycles. The molecule has 0 atom stereocenters. The predicted octanol–water partition coefficient (Wildman–Crippen LogP) is 3.37. The first-order valence-electron chi connectivity index (χ1n) is 9.12. The number of piperazine rings is 1. The summed E-state index contributed by atoms with van der Waals surface area (Å²) in [6.07, 6.45) is 7.11. The van der Waals surface area contributed by atoms with Crippen molar-refractivity contribution in [2.24, 2.45) is 0 Å². The van der Waals surface area contributed by atoms with Gasteiger partial charge in [-0.05, 0) is 37.6 Å². The largest absolute Gasteiger partial charge is 0.301 e. The van der Waals surface area contributed by atoms with Gasteiger partial charge in [0.05, 0.1) is 10.0 Å². The summed E-state index contributed by atoms with van der Waals surface area (Å²) in [6, 6.07) is 6.65. The smallest absolute Gasteiger partial charge is 0.244 e. The van der Waals surface area contributed by atoms with Crippen LogP contribution in [0.5, 0.6) is 0 Å². The van der Waals surface area contributed by atoms with Crippen LogP contribution in [0.25, 0.3) is 0 Å². The Bertz CT molecular complexity index is 835. The Morgan fingerprint density at radius 2 is 1.70 bits per heavy atom. The summed E-state index contributed by atoms with van der Waals surface area (Å²) in [4.78, 5) is 2.41. The van der Waals surface area contributed by atoms with Gasteiger partial charge in [-0.15, -0.1) is 0 Å². The van der Waals surface area contributed by atoms with Crippen LogP contribution in [0.2, 0.25) is 10.0 Å². The van der Waals surface area contributed by atoms with E-state index in [-0.39, 0.29) is 14.9 Å². The molecule has 0 bridgehead atoms. The fraction of sp³-hybridized carbons (Fsp3) is 0.500. The van der Waals surface area contributed by atoms with Crippen LogP contribution in [-0.4, -0.2) is 60.1 Å². The van der Waals surface area contributed by atoms with Crippen LogP contribution >= 0.6 is 23.2 Å². The zero-order chi connectivity index (χ0) is 19.3. The monoisotopic (exact) mass is 430 g/mol. The van der Waals surface area contributed by atoms with E-state index < -0.39 is 10.0 Å². The molecule has 0 spiro atoms. The van der Waals surface area contributed by atoms with E-state index in [2.05, 4.69) is 10.00 Å². The molecular weight excluding hydrogens is 407 g/mol. The minimum atomic E-state index is -3.61. The van der Waals surface area contributed by atoms with Gasteiger partial charge in [0.25, 0.3) is 0 Å². The normalized spacial score (nSPS) is 16.7. The molecule has 1 aliphatic rings. The van der Waals surface area contributed by atoms with E-state index in [1.165, 1.54) is 10.4 Å². The number of benzene rings is 1. The fourth-order valence-corrected chi connectivity index (χ4v) is 5.39. The van der Waals surface area contributed by atoms with E-state index in [9.17, 15) is 8.42 Å². The lowest BCUT2D eigenvalue weighted by Gasteiger charge is -2.34. The van der Waals surface area contributed by atoms with Gasteiger partial charge in [0.2, 0.25) is 10.0 Å². The number of rotatable bonds is 8. The van der Waals surface area contributed by atoms with Crippen molar-refractivity contribution in [2.45, 2.75) is 30.7 Å². The van der Waals surface area contributed by atoms with Crippen molar-refractivity contribution in [3.05, 3.63) is 46.7 Å². The molecule has 6 nitrogen and oxygen atoms in total. The van der Waals surface area contributed by atoms with Crippen molar-refractivity contribution in [2.75, 3.05) is 32.7 Å². The molecule has 0 saturated carbocycles. The van der Waals surface area contributed by atoms with Crippen molar-refractivity contribution in [1.29, 1.82) is 0 Å². The highest BCUT2D eigenvalue weighted by atomic mass is 35.5. The molecule has 148 valence electrons. The summed E-state index contributed by atoms with van der Waals surface area (Å²) in [5.74, 6) is 0. The van der Waals surface area contributed by atoms with E-state index >= 15 is 0 Å². The molecule has 9 heteroatoms. The van der Waals surface area contributed by atoms with Crippen molar-refractivity contribution in [3.63, 3.8) is 0 Å². The number of nitrogens with zero attached hydrogens (tertiary/aromatic N) is 4. The molecule has 0 aliphatic carbocycles. The van der Waals surface area contributed by atoms with Crippen LogP contribution in [0, 0.1) is 0 Å². The quantitative estimate of drug-likeness (QED) is 0.602. The minimum absolute atomic E-state index is 0.0868. The lowest BCUT2D eigenvalue weighted by molar-refractivity contribution is 0.185. The average molecular weight is 431 g/mol. The number of halogens is 2. The lowest BCUT2D eigenvalue weighted by Crippen LogP contribution is -2.48. The van der Waals surface area contributed by atoms with Crippen LogP contribution in [0.15, 0.2) is 41.6 Å². The van der Waals surface area contributed by atoms with Gasteiger partial charge < -0.3 is 4.90 Å². The van der Waals surface area contributed by atoms with Crippen molar-refractivity contribution < 1.29 is 8.42 Å². The van der Waals surface area contributed by atoms with Crippen molar-refractivity contribution >= 4 is 33.2 Å². The minimum Gasteiger partial charge on any atom is -0.301 e. The van der Waals surface area contributed by atoms with E-state index in [0.29, 0.717) is 13.1 Å². The van der Waals surface area contributed by atoms with Crippen LogP contribution < -0.4 is 0 Å². The molecule has 1 saturated heterocycles. The third-order valence-corrected chi connectivity index (χ3v) is 7.66. The molecule has 0 N–H and O–H groups in total. The second-order valence-electron chi connectivity index (χ2n) is 6.63. The number of hydrogen-bond acceptors (Lipinski definition) is 4. The number of sulfonamides is 1. The first kappa shape index (κ1) is 20.6. The van der Waals surface area contributed by atoms with Gasteiger partial charge in [-0.1, -0.05) is 35.7 Å². The van der Waals surface area contributed by atoms with Crippen LogP contribution in [0.3, 0.4) is 0 Å². The standard InChI is InChI=1S/C18H24Cl2N4O2S/c19-16-6-4-7-17(18(16)20)27(25,26)24-14-12-22(13-15-24)9-2-1-3-10-23-11-5-8-21-23/h4-8,11H,1-3,9-10,12-15H2. The molecule has 1 aromatic heterocycles. The molecule has 3 rings (SSSR count). The molecule has 1 aliphatic heterocycles. The second kappa shape index (κ2) is 9.39. The summed E-state index contributed by atoms with van der Waals surface area (Å²) >= 11 is 12.1. The van der Waals surface area contributed by atoms with Gasteiger partial charge in [-0.3, -0.25) is 4.68 Å². The Kier molecular flexibility index (Phi) is 7.16. The molecule has 0 radical (unpaired) electrons. The first-order chi connectivity index (χ1) is 13.0. The fourth-order valence-electron chi connectivity index (χ4n) is 3.23. The Labute approximate surface area is 170 Å². The number of aromatic nitrogens is 2. The van der Waals surface area contributed by atoms with Crippen molar-refractivity contribution in [3.8, 4) is 0 Å². The Balaban J connectivity index is 1.43. The topological polar surface area (TPSA) is 58.4 Å². The third kappa shape index (κ3) is 5.23. The van der Waals surface area contributed by atoms with E-state index in [0.717, 1.165) is 45.4 Å². The summed E-state index contributed by atoms with van der Waals surface area (Å²) in [5.41, 5.74) is 0. The third-order valence-electron chi connectivity index (χ3n) is 4.79. The van der Waals surface area contributed by atoms with E-state index in [1.807, 2.05) is 16.9 Å². The van der Waals surface area contributed by atoms with E-state index in [1.54, 1.807) is 18.3 Å². The van der Waals surface area contributed by atoms with Gasteiger partial charge in [0.1, 0.15) is 4.90 Å². The van der Waals surface area contributed by atoms with Crippen LogP contribution in [0.1, 0.15) is 19.3 Å². The van der Waals surface area contributed by atoms with Gasteiger partial charge in [0.15, 0.2) is 0 Å². The number of hydrogen-bond donors (Lipinski definition) is 0. The van der Waals surface area contributed by atoms with Gasteiger partial charge in [-0.2, -0.15) is 9.40 Å². The average Bonchev–Trinajstić information content (AvgIpc) is 3.17. The molecule has 0 unspecified atom stereocenters. The maximum atomic E-state index is 12.8. The van der Waals surface area contributed by atoms with Gasteiger partial charge >= 0.3 is 0 Å². The second-order valence-corrected chi connectivity index (χ2v) is 9.32. The Hall–Kier alpha value is -1.12. The molecular formula is C18H24Cl2N4O2S. The highest BCUT2D eigenvalue weighted by Gasteiger charge is 2.30. The lowest BCUT2D eigenvalue weighted by atomic mass is 10.2. The van der Waals surface area contributed by atoms with Crippen LogP contribution in [-0.2, 0) is 16.6 Å². The number of aryl methyl sites for hydroxylation is 1. The highest BCUT2D eigenvalue weighted by molar-refractivity contribution is 7.89. The zero-order valence-corrected chi connectivity index (χ0v) is 17.4. The van der Waals surface area contributed by atoms with E-state index in [4.69, 9.17) is 23.2 Å². The highest BCUT2D eigenvalue weighted by Crippen LogP contribution is 2.31. The summed E-state index contributed by atoms with van der Waals surface area (Å²) in [6.45, 7) is 4.34.